The van der Waals surface area contributed by atoms with Gasteiger partial charge in [-0.2, -0.15) is 0 Å². The summed E-state index contributed by atoms with van der Waals surface area (Å²) in [7, 11) is -3.15. The van der Waals surface area contributed by atoms with E-state index in [4.69, 9.17) is 0 Å². The van der Waals surface area contributed by atoms with Crippen molar-refractivity contribution in [1.82, 2.24) is 5.32 Å². The predicted molar refractivity (Wildman–Crippen MR) is 108 cm³/mol. The topological polar surface area (TPSA) is 66.5 Å². The van der Waals surface area contributed by atoms with E-state index in [9.17, 15) is 13.2 Å². The molecule has 0 aromatic heterocycles. The molecular weight excluding hydrogens is 360 g/mol. The molecule has 1 aromatic rings. The van der Waals surface area contributed by atoms with Crippen LogP contribution in [0.4, 0.5) is 5.69 Å². The van der Waals surface area contributed by atoms with Gasteiger partial charge in [0, 0.05) is 18.7 Å². The molecular formula is C21H28N2O3S. The van der Waals surface area contributed by atoms with Crippen molar-refractivity contribution >= 4 is 27.7 Å². The van der Waals surface area contributed by atoms with Crippen molar-refractivity contribution in [3.8, 4) is 0 Å². The summed E-state index contributed by atoms with van der Waals surface area (Å²) < 4.78 is 25.4. The summed E-state index contributed by atoms with van der Waals surface area (Å²) >= 11 is 0. The summed E-state index contributed by atoms with van der Waals surface area (Å²) in [4.78, 5) is 12.3. The molecule has 27 heavy (non-hydrogen) atoms. The Morgan fingerprint density at radius 3 is 2.59 bits per heavy atom. The van der Waals surface area contributed by atoms with Crippen molar-refractivity contribution in [3.63, 3.8) is 0 Å². The zero-order valence-electron chi connectivity index (χ0n) is 15.8. The van der Waals surface area contributed by atoms with Crippen molar-refractivity contribution in [3.05, 3.63) is 35.9 Å². The van der Waals surface area contributed by atoms with E-state index in [1.807, 2.05) is 12.1 Å². The van der Waals surface area contributed by atoms with E-state index in [1.165, 1.54) is 30.0 Å². The van der Waals surface area contributed by atoms with Gasteiger partial charge in [0.1, 0.15) is 0 Å². The highest BCUT2D eigenvalue weighted by atomic mass is 32.2. The molecule has 4 rings (SSSR count). The number of carbonyl (C=O) groups excluding carboxylic acids is 1. The fourth-order valence-electron chi connectivity index (χ4n) is 5.14. The van der Waals surface area contributed by atoms with Crippen molar-refractivity contribution < 1.29 is 13.2 Å². The van der Waals surface area contributed by atoms with E-state index in [0.717, 1.165) is 17.4 Å². The third-order valence-corrected chi connectivity index (χ3v) is 8.38. The van der Waals surface area contributed by atoms with Gasteiger partial charge in [-0.25, -0.2) is 8.42 Å². The molecule has 3 fully saturated rings. The maximum Gasteiger partial charge on any atom is 0.244 e. The van der Waals surface area contributed by atoms with Crippen LogP contribution in [0.15, 0.2) is 30.3 Å². The van der Waals surface area contributed by atoms with Gasteiger partial charge in [-0.1, -0.05) is 18.6 Å². The van der Waals surface area contributed by atoms with Crippen LogP contribution in [0.5, 0.6) is 0 Å². The Kier molecular flexibility index (Phi) is 5.01. The number of carbonyl (C=O) groups is 1. The van der Waals surface area contributed by atoms with Gasteiger partial charge in [0.2, 0.25) is 15.9 Å². The van der Waals surface area contributed by atoms with Crippen LogP contribution in [0.1, 0.15) is 44.6 Å². The Hall–Kier alpha value is -1.82. The van der Waals surface area contributed by atoms with Crippen LogP contribution in [-0.4, -0.2) is 32.7 Å². The molecule has 1 aromatic carbocycles. The van der Waals surface area contributed by atoms with Gasteiger partial charge in [0.15, 0.2) is 0 Å². The molecule has 3 aliphatic rings. The van der Waals surface area contributed by atoms with Crippen molar-refractivity contribution in [2.24, 2.45) is 17.8 Å². The second kappa shape index (κ2) is 7.30. The van der Waals surface area contributed by atoms with Crippen molar-refractivity contribution in [1.29, 1.82) is 0 Å². The van der Waals surface area contributed by atoms with Gasteiger partial charge in [-0.05, 0) is 74.1 Å². The molecule has 1 aliphatic heterocycles. The van der Waals surface area contributed by atoms with Gasteiger partial charge < -0.3 is 5.32 Å². The lowest BCUT2D eigenvalue weighted by molar-refractivity contribution is -0.117. The first kappa shape index (κ1) is 18.5. The number of fused-ring (bicyclic) bond motifs is 2. The van der Waals surface area contributed by atoms with Gasteiger partial charge in [-0.15, -0.1) is 0 Å². The zero-order valence-corrected chi connectivity index (χ0v) is 16.6. The van der Waals surface area contributed by atoms with E-state index in [2.05, 4.69) is 12.2 Å². The molecule has 6 heteroatoms. The minimum atomic E-state index is -3.15. The maximum atomic E-state index is 12.3. The third-order valence-electron chi connectivity index (χ3n) is 6.51. The summed E-state index contributed by atoms with van der Waals surface area (Å²) in [6.45, 7) is 2.67. The molecule has 1 saturated heterocycles. The highest BCUT2D eigenvalue weighted by Gasteiger charge is 2.41. The smallest absolute Gasteiger partial charge is 0.244 e. The molecule has 1 amide bonds. The molecule has 0 radical (unpaired) electrons. The van der Waals surface area contributed by atoms with E-state index in [0.29, 0.717) is 24.6 Å². The average molecular weight is 389 g/mol. The molecule has 0 spiro atoms. The number of hydrogen-bond acceptors (Lipinski definition) is 3. The number of nitrogens with zero attached hydrogens (tertiary/aromatic N) is 1. The standard InChI is InChI=1S/C21H28N2O3S/c1-15(20-14-17-3-7-18(20)13-17)22-21(24)10-6-16-4-8-19(9-5-16)23-11-2-12-27(23,25)26/h4-6,8-10,15,17-18,20H,2-3,7,11-14H2,1H3,(H,22,24). The summed E-state index contributed by atoms with van der Waals surface area (Å²) in [5.74, 6) is 2.46. The SMILES string of the molecule is CC(NC(=O)C=Cc1ccc(N2CCCS2(=O)=O)cc1)C1CC2CCC1C2. The van der Waals surface area contributed by atoms with E-state index in [1.54, 1.807) is 24.3 Å². The maximum absolute atomic E-state index is 12.3. The molecule has 2 bridgehead atoms. The predicted octanol–water partition coefficient (Wildman–Crippen LogP) is 3.18. The molecule has 2 aliphatic carbocycles. The number of nitrogens with one attached hydrogen (secondary N) is 1. The monoisotopic (exact) mass is 388 g/mol. The molecule has 5 nitrogen and oxygen atoms in total. The van der Waals surface area contributed by atoms with Crippen LogP contribution in [0, 0.1) is 17.8 Å². The number of hydrogen-bond donors (Lipinski definition) is 1. The molecule has 4 atom stereocenters. The number of sulfonamides is 1. The van der Waals surface area contributed by atoms with Gasteiger partial charge in [0.05, 0.1) is 11.4 Å². The summed E-state index contributed by atoms with van der Waals surface area (Å²) in [6.07, 6.45) is 9.33. The Labute approximate surface area is 161 Å². The van der Waals surface area contributed by atoms with E-state index < -0.39 is 10.0 Å². The lowest BCUT2D eigenvalue weighted by Crippen LogP contribution is -2.39. The average Bonchev–Trinajstić information content (AvgIpc) is 3.35. The first-order valence-corrected chi connectivity index (χ1v) is 11.6. The Bertz CT molecular complexity index is 831. The summed E-state index contributed by atoms with van der Waals surface area (Å²) in [6, 6.07) is 7.54. The third kappa shape index (κ3) is 3.91. The van der Waals surface area contributed by atoms with Crippen LogP contribution >= 0.6 is 0 Å². The van der Waals surface area contributed by atoms with Crippen LogP contribution in [-0.2, 0) is 14.8 Å². The lowest BCUT2D eigenvalue weighted by atomic mass is 9.84. The second-order valence-corrected chi connectivity index (χ2v) is 10.3. The largest absolute Gasteiger partial charge is 0.350 e. The molecule has 146 valence electrons. The Morgan fingerprint density at radius 2 is 2.00 bits per heavy atom. The lowest BCUT2D eigenvalue weighted by Gasteiger charge is -2.28. The van der Waals surface area contributed by atoms with E-state index >= 15 is 0 Å². The zero-order chi connectivity index (χ0) is 19.0. The molecule has 4 unspecified atom stereocenters. The van der Waals surface area contributed by atoms with Gasteiger partial charge >= 0.3 is 0 Å². The van der Waals surface area contributed by atoms with Gasteiger partial charge in [-0.3, -0.25) is 9.10 Å². The number of amides is 1. The Morgan fingerprint density at radius 1 is 1.22 bits per heavy atom. The number of benzene rings is 1. The Balaban J connectivity index is 1.33. The normalized spacial score (nSPS) is 30.1. The van der Waals surface area contributed by atoms with Crippen molar-refractivity contribution in [2.75, 3.05) is 16.6 Å². The van der Waals surface area contributed by atoms with Crippen LogP contribution in [0.25, 0.3) is 6.08 Å². The fraction of sp³-hybridized carbons (Fsp3) is 0.571. The highest BCUT2D eigenvalue weighted by Crippen LogP contribution is 2.49. The van der Waals surface area contributed by atoms with E-state index in [-0.39, 0.29) is 17.7 Å². The summed E-state index contributed by atoms with van der Waals surface area (Å²) in [5, 5.41) is 3.13. The first-order chi connectivity index (χ1) is 12.9. The molecule has 2 saturated carbocycles. The minimum Gasteiger partial charge on any atom is -0.350 e. The highest BCUT2D eigenvalue weighted by molar-refractivity contribution is 7.93. The summed E-state index contributed by atoms with van der Waals surface area (Å²) in [5.41, 5.74) is 1.58. The molecule has 1 N–H and O–H groups in total. The fourth-order valence-corrected chi connectivity index (χ4v) is 6.70. The van der Waals surface area contributed by atoms with Crippen LogP contribution in [0.3, 0.4) is 0 Å². The first-order valence-electron chi connectivity index (χ1n) is 10.0. The quantitative estimate of drug-likeness (QED) is 0.788. The van der Waals surface area contributed by atoms with Crippen LogP contribution < -0.4 is 9.62 Å². The van der Waals surface area contributed by atoms with Gasteiger partial charge in [0.25, 0.3) is 0 Å². The number of rotatable bonds is 5. The number of anilines is 1. The van der Waals surface area contributed by atoms with Crippen LogP contribution in [0.2, 0.25) is 0 Å². The minimum absolute atomic E-state index is 0.0588. The molecule has 1 heterocycles. The van der Waals surface area contributed by atoms with Crippen molar-refractivity contribution in [2.45, 2.75) is 45.1 Å². The second-order valence-electron chi connectivity index (χ2n) is 8.30.